The molecule has 1 fully saturated rings. The van der Waals surface area contributed by atoms with E-state index in [0.29, 0.717) is 18.3 Å². The smallest absolute Gasteiger partial charge is 0.152 e. The van der Waals surface area contributed by atoms with Crippen LogP contribution in [0.2, 0.25) is 0 Å². The molecule has 1 aliphatic heterocycles. The summed E-state index contributed by atoms with van der Waals surface area (Å²) in [5.74, 6) is 0.585. The van der Waals surface area contributed by atoms with Gasteiger partial charge in [0, 0.05) is 24.8 Å². The second kappa shape index (κ2) is 6.59. The van der Waals surface area contributed by atoms with E-state index in [1.165, 1.54) is 5.56 Å². The Kier molecular flexibility index (Phi) is 5.05. The van der Waals surface area contributed by atoms with E-state index in [9.17, 15) is 8.42 Å². The summed E-state index contributed by atoms with van der Waals surface area (Å²) in [4.78, 5) is 2.17. The molecule has 0 saturated carbocycles. The van der Waals surface area contributed by atoms with Gasteiger partial charge in [0.1, 0.15) is 0 Å². The lowest BCUT2D eigenvalue weighted by Gasteiger charge is -2.23. The molecule has 0 aliphatic carbocycles. The van der Waals surface area contributed by atoms with Gasteiger partial charge in [0.25, 0.3) is 0 Å². The van der Waals surface area contributed by atoms with Crippen LogP contribution in [0.4, 0.5) is 5.69 Å². The molecule has 0 spiro atoms. The quantitative estimate of drug-likeness (QED) is 0.923. The molecule has 1 heterocycles. The molecule has 112 valence electrons. The Hall–Kier alpha value is -1.07. The monoisotopic (exact) mass is 296 g/mol. The van der Waals surface area contributed by atoms with E-state index in [1.54, 1.807) is 0 Å². The molecule has 0 bridgehead atoms. The zero-order valence-electron chi connectivity index (χ0n) is 12.3. The van der Waals surface area contributed by atoms with E-state index in [2.05, 4.69) is 48.3 Å². The van der Waals surface area contributed by atoms with Crippen LogP contribution in [0.15, 0.2) is 24.3 Å². The van der Waals surface area contributed by atoms with Gasteiger partial charge in [-0.25, -0.2) is 8.42 Å². The Bertz CT molecular complexity index is 525. The van der Waals surface area contributed by atoms with Crippen molar-refractivity contribution >= 4 is 15.5 Å². The number of nitrogens with one attached hydrogen (secondary N) is 1. The number of hydrogen-bond donors (Lipinski definition) is 1. The molecular weight excluding hydrogens is 272 g/mol. The average Bonchev–Trinajstić information content (AvgIpc) is 2.60. The van der Waals surface area contributed by atoms with Gasteiger partial charge in [-0.3, -0.25) is 0 Å². The largest absolute Gasteiger partial charge is 0.370 e. The van der Waals surface area contributed by atoms with Gasteiger partial charge in [-0.1, -0.05) is 19.1 Å². The van der Waals surface area contributed by atoms with Crippen molar-refractivity contribution in [1.29, 1.82) is 0 Å². The molecule has 1 aromatic carbocycles. The standard InChI is InChI=1S/C15H24N2O2S/c1-3-16-13(2)14-5-7-15(8-6-14)17-9-4-11-20(18,19)12-10-17/h5-8,13,16H,3-4,9-12H2,1-2H3. The summed E-state index contributed by atoms with van der Waals surface area (Å²) in [6.07, 6.45) is 0.720. The third-order valence-electron chi connectivity index (χ3n) is 3.82. The predicted octanol–water partition coefficient (Wildman–Crippen LogP) is 1.98. The molecule has 0 radical (unpaired) electrons. The SMILES string of the molecule is CCNC(C)c1ccc(N2CCCS(=O)(=O)CC2)cc1. The molecule has 1 aromatic rings. The molecule has 1 unspecified atom stereocenters. The van der Waals surface area contributed by atoms with Crippen molar-refractivity contribution in [2.24, 2.45) is 0 Å². The number of sulfone groups is 1. The molecule has 0 aromatic heterocycles. The molecule has 1 N–H and O–H groups in total. The minimum Gasteiger partial charge on any atom is -0.370 e. The molecule has 4 nitrogen and oxygen atoms in total. The van der Waals surface area contributed by atoms with Crippen molar-refractivity contribution in [3.05, 3.63) is 29.8 Å². The normalized spacial score (nSPS) is 20.4. The van der Waals surface area contributed by atoms with Crippen LogP contribution in [0.1, 0.15) is 31.9 Å². The first-order chi connectivity index (χ1) is 9.52. The van der Waals surface area contributed by atoms with E-state index in [4.69, 9.17) is 0 Å². The van der Waals surface area contributed by atoms with Crippen LogP contribution in [0, 0.1) is 0 Å². The molecule has 1 saturated heterocycles. The fraction of sp³-hybridized carbons (Fsp3) is 0.600. The van der Waals surface area contributed by atoms with Crippen LogP contribution in [-0.2, 0) is 9.84 Å². The summed E-state index contributed by atoms with van der Waals surface area (Å²) < 4.78 is 23.3. The third kappa shape index (κ3) is 3.96. The molecule has 2 rings (SSSR count). The van der Waals surface area contributed by atoms with Gasteiger partial charge < -0.3 is 10.2 Å². The Morgan fingerprint density at radius 1 is 1.20 bits per heavy atom. The Morgan fingerprint density at radius 3 is 2.55 bits per heavy atom. The van der Waals surface area contributed by atoms with E-state index in [1.807, 2.05) is 0 Å². The van der Waals surface area contributed by atoms with Crippen LogP contribution >= 0.6 is 0 Å². The highest BCUT2D eigenvalue weighted by atomic mass is 32.2. The first-order valence-electron chi connectivity index (χ1n) is 7.30. The summed E-state index contributed by atoms with van der Waals surface area (Å²) in [5, 5.41) is 3.39. The number of benzene rings is 1. The van der Waals surface area contributed by atoms with E-state index in [0.717, 1.165) is 25.2 Å². The van der Waals surface area contributed by atoms with Gasteiger partial charge in [-0.2, -0.15) is 0 Å². The Balaban J connectivity index is 2.06. The van der Waals surface area contributed by atoms with Crippen molar-refractivity contribution in [2.75, 3.05) is 36.0 Å². The Morgan fingerprint density at radius 2 is 1.90 bits per heavy atom. The number of nitrogens with zero attached hydrogens (tertiary/aromatic N) is 1. The predicted molar refractivity (Wildman–Crippen MR) is 84.0 cm³/mol. The van der Waals surface area contributed by atoms with Crippen LogP contribution in [0.3, 0.4) is 0 Å². The Labute approximate surface area is 122 Å². The maximum atomic E-state index is 11.6. The number of anilines is 1. The second-order valence-corrected chi connectivity index (χ2v) is 7.67. The van der Waals surface area contributed by atoms with E-state index in [-0.39, 0.29) is 5.75 Å². The summed E-state index contributed by atoms with van der Waals surface area (Å²) in [7, 11) is -2.84. The van der Waals surface area contributed by atoms with Crippen molar-refractivity contribution < 1.29 is 8.42 Å². The lowest BCUT2D eigenvalue weighted by atomic mass is 10.1. The second-order valence-electron chi connectivity index (χ2n) is 5.36. The van der Waals surface area contributed by atoms with Gasteiger partial charge in [0.2, 0.25) is 0 Å². The highest BCUT2D eigenvalue weighted by molar-refractivity contribution is 7.91. The first kappa shape index (κ1) is 15.3. The molecule has 1 atom stereocenters. The molecule has 1 aliphatic rings. The minimum atomic E-state index is -2.84. The number of hydrogen-bond acceptors (Lipinski definition) is 4. The topological polar surface area (TPSA) is 49.4 Å². The van der Waals surface area contributed by atoms with Gasteiger partial charge in [0.05, 0.1) is 11.5 Å². The van der Waals surface area contributed by atoms with Crippen LogP contribution in [0.25, 0.3) is 0 Å². The summed E-state index contributed by atoms with van der Waals surface area (Å²) >= 11 is 0. The van der Waals surface area contributed by atoms with Crippen molar-refractivity contribution in [1.82, 2.24) is 5.32 Å². The van der Waals surface area contributed by atoms with E-state index < -0.39 is 9.84 Å². The average molecular weight is 296 g/mol. The van der Waals surface area contributed by atoms with Gasteiger partial charge >= 0.3 is 0 Å². The zero-order valence-corrected chi connectivity index (χ0v) is 13.1. The van der Waals surface area contributed by atoms with Gasteiger partial charge in [-0.15, -0.1) is 0 Å². The summed E-state index contributed by atoms with van der Waals surface area (Å²) in [6, 6.07) is 8.80. The fourth-order valence-electron chi connectivity index (χ4n) is 2.59. The highest BCUT2D eigenvalue weighted by Crippen LogP contribution is 2.20. The number of rotatable bonds is 4. The van der Waals surface area contributed by atoms with Crippen LogP contribution < -0.4 is 10.2 Å². The lowest BCUT2D eigenvalue weighted by Crippen LogP contribution is -2.26. The summed E-state index contributed by atoms with van der Waals surface area (Å²) in [6.45, 7) is 6.62. The third-order valence-corrected chi connectivity index (χ3v) is 5.54. The minimum absolute atomic E-state index is 0.266. The van der Waals surface area contributed by atoms with Gasteiger partial charge in [0.15, 0.2) is 9.84 Å². The lowest BCUT2D eigenvalue weighted by molar-refractivity contribution is 0.597. The van der Waals surface area contributed by atoms with Crippen molar-refractivity contribution in [2.45, 2.75) is 26.3 Å². The first-order valence-corrected chi connectivity index (χ1v) is 9.12. The van der Waals surface area contributed by atoms with E-state index >= 15 is 0 Å². The molecule has 20 heavy (non-hydrogen) atoms. The maximum absolute atomic E-state index is 11.6. The van der Waals surface area contributed by atoms with Crippen molar-refractivity contribution in [3.63, 3.8) is 0 Å². The molecule has 0 amide bonds. The van der Waals surface area contributed by atoms with Gasteiger partial charge in [-0.05, 0) is 37.6 Å². The summed E-state index contributed by atoms with van der Waals surface area (Å²) in [5.41, 5.74) is 2.38. The highest BCUT2D eigenvalue weighted by Gasteiger charge is 2.19. The fourth-order valence-corrected chi connectivity index (χ4v) is 3.87. The zero-order chi connectivity index (χ0) is 14.6. The molecule has 5 heteroatoms. The van der Waals surface area contributed by atoms with Crippen LogP contribution in [0.5, 0.6) is 0 Å². The van der Waals surface area contributed by atoms with Crippen molar-refractivity contribution in [3.8, 4) is 0 Å². The maximum Gasteiger partial charge on any atom is 0.152 e. The van der Waals surface area contributed by atoms with Crippen LogP contribution in [-0.4, -0.2) is 39.6 Å². The molecular formula is C15H24N2O2S.